The van der Waals surface area contributed by atoms with E-state index in [4.69, 9.17) is 0 Å². The van der Waals surface area contributed by atoms with E-state index in [1.807, 2.05) is 22.8 Å². The zero-order chi connectivity index (χ0) is 18.8. The molecule has 3 aromatic rings. The van der Waals surface area contributed by atoms with Crippen LogP contribution in [0.25, 0.3) is 5.69 Å². The van der Waals surface area contributed by atoms with Gasteiger partial charge < -0.3 is 10.2 Å². The first-order valence-electron chi connectivity index (χ1n) is 9.20. The van der Waals surface area contributed by atoms with Gasteiger partial charge >= 0.3 is 6.03 Å². The van der Waals surface area contributed by atoms with E-state index in [0.29, 0.717) is 6.54 Å². The maximum absolute atomic E-state index is 12.8. The van der Waals surface area contributed by atoms with Gasteiger partial charge in [-0.15, -0.1) is 10.2 Å². The highest BCUT2D eigenvalue weighted by atomic mass is 16.2. The molecule has 0 bridgehead atoms. The molecule has 1 aromatic carbocycles. The Bertz CT molecular complexity index is 945. The smallest absolute Gasteiger partial charge is 0.321 e. The van der Waals surface area contributed by atoms with Crippen LogP contribution in [-0.2, 0) is 25.8 Å². The van der Waals surface area contributed by atoms with Crippen LogP contribution in [0.5, 0.6) is 0 Å². The standard InChI is InChI=1S/C19H23N7O/c1-3-13-7-8-14(26-11-20-21-12-26)9-17(13)22-19(27)25(2)10-18-15-5-4-6-16(15)23-24-18/h7-9,11-12H,3-6,10H2,1-2H3,(H,22,27)(H,23,24). The lowest BCUT2D eigenvalue weighted by Crippen LogP contribution is -2.31. The molecule has 2 amide bonds. The zero-order valence-electron chi connectivity index (χ0n) is 15.6. The van der Waals surface area contributed by atoms with Crippen LogP contribution in [-0.4, -0.2) is 42.9 Å². The van der Waals surface area contributed by atoms with Gasteiger partial charge in [-0.25, -0.2) is 4.79 Å². The number of amides is 2. The average Bonchev–Trinajstić information content (AvgIpc) is 3.41. The fraction of sp³-hybridized carbons (Fsp3) is 0.368. The lowest BCUT2D eigenvalue weighted by atomic mass is 10.1. The molecule has 1 aliphatic carbocycles. The third-order valence-corrected chi connectivity index (χ3v) is 5.06. The van der Waals surface area contributed by atoms with E-state index in [2.05, 4.69) is 32.6 Å². The van der Waals surface area contributed by atoms with Crippen LogP contribution in [0.2, 0.25) is 0 Å². The molecule has 0 aliphatic heterocycles. The molecule has 0 fully saturated rings. The Morgan fingerprint density at radius 3 is 2.89 bits per heavy atom. The van der Waals surface area contributed by atoms with Crippen LogP contribution in [0, 0.1) is 0 Å². The van der Waals surface area contributed by atoms with Gasteiger partial charge in [0.2, 0.25) is 0 Å². The van der Waals surface area contributed by atoms with Gasteiger partial charge in [0.15, 0.2) is 0 Å². The lowest BCUT2D eigenvalue weighted by molar-refractivity contribution is 0.220. The molecule has 8 nitrogen and oxygen atoms in total. The molecule has 8 heteroatoms. The summed E-state index contributed by atoms with van der Waals surface area (Å²) >= 11 is 0. The molecule has 0 saturated carbocycles. The molecule has 0 atom stereocenters. The fourth-order valence-corrected chi connectivity index (χ4v) is 3.51. The number of aryl methyl sites for hydroxylation is 2. The van der Waals surface area contributed by atoms with Gasteiger partial charge in [0.05, 0.1) is 17.9 Å². The number of H-pyrrole nitrogens is 1. The second kappa shape index (κ2) is 7.22. The second-order valence-electron chi connectivity index (χ2n) is 6.83. The number of aromatic nitrogens is 5. The molecule has 0 saturated heterocycles. The maximum atomic E-state index is 12.8. The molecule has 140 valence electrons. The normalized spacial score (nSPS) is 12.8. The van der Waals surface area contributed by atoms with Crippen molar-refractivity contribution in [3.05, 3.63) is 53.4 Å². The second-order valence-corrected chi connectivity index (χ2v) is 6.83. The van der Waals surface area contributed by atoms with E-state index in [1.54, 1.807) is 24.6 Å². The van der Waals surface area contributed by atoms with Crippen molar-refractivity contribution in [3.8, 4) is 5.69 Å². The average molecular weight is 365 g/mol. The van der Waals surface area contributed by atoms with Gasteiger partial charge in [0.1, 0.15) is 12.7 Å². The van der Waals surface area contributed by atoms with Crippen LogP contribution in [0.3, 0.4) is 0 Å². The Kier molecular flexibility index (Phi) is 4.62. The molecule has 2 aromatic heterocycles. The zero-order valence-corrected chi connectivity index (χ0v) is 15.6. The molecule has 0 spiro atoms. The summed E-state index contributed by atoms with van der Waals surface area (Å²) in [4.78, 5) is 14.4. The number of fused-ring (bicyclic) bond motifs is 1. The summed E-state index contributed by atoms with van der Waals surface area (Å²) in [6, 6.07) is 5.81. The van der Waals surface area contributed by atoms with E-state index < -0.39 is 0 Å². The Balaban J connectivity index is 1.50. The molecule has 4 rings (SSSR count). The Hall–Kier alpha value is -3.16. The first kappa shape index (κ1) is 17.3. The maximum Gasteiger partial charge on any atom is 0.321 e. The minimum atomic E-state index is -0.152. The van der Waals surface area contributed by atoms with Crippen molar-refractivity contribution >= 4 is 11.7 Å². The Morgan fingerprint density at radius 2 is 2.11 bits per heavy atom. The summed E-state index contributed by atoms with van der Waals surface area (Å²) < 4.78 is 1.81. The number of aromatic amines is 1. The number of rotatable bonds is 5. The minimum absolute atomic E-state index is 0.152. The SMILES string of the molecule is CCc1ccc(-n2cnnc2)cc1NC(=O)N(C)Cc1n[nH]c2c1CCC2. The highest BCUT2D eigenvalue weighted by molar-refractivity contribution is 5.90. The van der Waals surface area contributed by atoms with E-state index in [9.17, 15) is 4.79 Å². The quantitative estimate of drug-likeness (QED) is 0.727. The molecular formula is C19H23N7O. The Morgan fingerprint density at radius 1 is 1.30 bits per heavy atom. The number of carbonyl (C=O) groups excluding carboxylic acids is 1. The first-order valence-corrected chi connectivity index (χ1v) is 9.20. The highest BCUT2D eigenvalue weighted by Gasteiger charge is 2.21. The predicted molar refractivity (Wildman–Crippen MR) is 102 cm³/mol. The number of hydrogen-bond donors (Lipinski definition) is 2. The van der Waals surface area contributed by atoms with Gasteiger partial charge in [-0.1, -0.05) is 13.0 Å². The fourth-order valence-electron chi connectivity index (χ4n) is 3.51. The molecule has 0 radical (unpaired) electrons. The van der Waals surface area contributed by atoms with Crippen molar-refractivity contribution in [2.75, 3.05) is 12.4 Å². The summed E-state index contributed by atoms with van der Waals surface area (Å²) in [5, 5.41) is 18.2. The summed E-state index contributed by atoms with van der Waals surface area (Å²) in [5.74, 6) is 0. The van der Waals surface area contributed by atoms with Crippen LogP contribution in [0.15, 0.2) is 30.9 Å². The lowest BCUT2D eigenvalue weighted by Gasteiger charge is -2.19. The van der Waals surface area contributed by atoms with Gasteiger partial charge in [-0.3, -0.25) is 9.67 Å². The van der Waals surface area contributed by atoms with Crippen molar-refractivity contribution in [1.29, 1.82) is 0 Å². The number of nitrogens with one attached hydrogen (secondary N) is 2. The van der Waals surface area contributed by atoms with E-state index >= 15 is 0 Å². The van der Waals surface area contributed by atoms with Gasteiger partial charge in [-0.05, 0) is 48.9 Å². The molecule has 2 N–H and O–H groups in total. The number of hydrogen-bond acceptors (Lipinski definition) is 4. The first-order chi connectivity index (χ1) is 13.2. The van der Waals surface area contributed by atoms with E-state index in [1.165, 1.54) is 11.3 Å². The van der Waals surface area contributed by atoms with Gasteiger partial charge in [0, 0.05) is 18.4 Å². The van der Waals surface area contributed by atoms with Gasteiger partial charge in [0.25, 0.3) is 0 Å². The Labute approximate surface area is 157 Å². The summed E-state index contributed by atoms with van der Waals surface area (Å²) in [5.41, 5.74) is 6.24. The number of anilines is 1. The van der Waals surface area contributed by atoms with Crippen LogP contribution >= 0.6 is 0 Å². The monoisotopic (exact) mass is 365 g/mol. The van der Waals surface area contributed by atoms with Crippen molar-refractivity contribution in [1.82, 2.24) is 29.9 Å². The van der Waals surface area contributed by atoms with Crippen molar-refractivity contribution < 1.29 is 4.79 Å². The van der Waals surface area contributed by atoms with E-state index in [0.717, 1.165) is 48.3 Å². The third-order valence-electron chi connectivity index (χ3n) is 5.06. The third kappa shape index (κ3) is 3.42. The summed E-state index contributed by atoms with van der Waals surface area (Å²) in [6.07, 6.45) is 7.34. The molecule has 0 unspecified atom stereocenters. The van der Waals surface area contributed by atoms with Crippen molar-refractivity contribution in [2.45, 2.75) is 39.2 Å². The van der Waals surface area contributed by atoms with Crippen LogP contribution in [0.1, 0.15) is 35.9 Å². The number of carbonyl (C=O) groups is 1. The van der Waals surface area contributed by atoms with Crippen LogP contribution in [0.4, 0.5) is 10.5 Å². The largest absolute Gasteiger partial charge is 0.322 e. The van der Waals surface area contributed by atoms with Crippen LogP contribution < -0.4 is 5.32 Å². The molecular weight excluding hydrogens is 342 g/mol. The highest BCUT2D eigenvalue weighted by Crippen LogP contribution is 2.24. The van der Waals surface area contributed by atoms with Gasteiger partial charge in [-0.2, -0.15) is 5.10 Å². The molecule has 2 heterocycles. The number of benzene rings is 1. The van der Waals surface area contributed by atoms with E-state index in [-0.39, 0.29) is 6.03 Å². The summed E-state index contributed by atoms with van der Waals surface area (Å²) in [6.45, 7) is 2.56. The molecule has 1 aliphatic rings. The predicted octanol–water partition coefficient (Wildman–Crippen LogP) is 2.71. The summed E-state index contributed by atoms with van der Waals surface area (Å²) in [7, 11) is 1.79. The number of nitrogens with zero attached hydrogens (tertiary/aromatic N) is 5. The molecule has 27 heavy (non-hydrogen) atoms. The number of urea groups is 1. The van der Waals surface area contributed by atoms with Crippen molar-refractivity contribution in [2.24, 2.45) is 0 Å². The van der Waals surface area contributed by atoms with Crippen molar-refractivity contribution in [3.63, 3.8) is 0 Å². The topological polar surface area (TPSA) is 91.7 Å². The minimum Gasteiger partial charge on any atom is -0.322 e.